The maximum absolute atomic E-state index is 11.7. The summed E-state index contributed by atoms with van der Waals surface area (Å²) in [5.74, 6) is 0.937. The van der Waals surface area contributed by atoms with Crippen LogP contribution in [0.1, 0.15) is 25.7 Å². The second-order valence-electron chi connectivity index (χ2n) is 5.13. The van der Waals surface area contributed by atoms with Gasteiger partial charge in [-0.15, -0.1) is 11.6 Å². The lowest BCUT2D eigenvalue weighted by molar-refractivity contribution is 0.378. The summed E-state index contributed by atoms with van der Waals surface area (Å²) in [6.07, 6.45) is 7.14. The molecule has 4 nitrogen and oxygen atoms in total. The van der Waals surface area contributed by atoms with Gasteiger partial charge in [-0.25, -0.2) is 13.4 Å². The van der Waals surface area contributed by atoms with Crippen molar-refractivity contribution in [3.63, 3.8) is 0 Å². The first-order valence-electron chi connectivity index (χ1n) is 6.50. The zero-order valence-electron chi connectivity index (χ0n) is 11.0. The van der Waals surface area contributed by atoms with E-state index in [1.807, 2.05) is 0 Å². The zero-order valence-corrected chi connectivity index (χ0v) is 12.5. The Labute approximate surface area is 119 Å². The predicted molar refractivity (Wildman–Crippen MR) is 77.4 cm³/mol. The number of alkyl halides is 1. The molecule has 0 radical (unpaired) electrons. The fraction of sp³-hybridized carbons (Fsp3) is 0.615. The van der Waals surface area contributed by atoms with E-state index >= 15 is 0 Å². The summed E-state index contributed by atoms with van der Waals surface area (Å²) in [5, 5.41) is 3.41. The molecule has 1 aliphatic carbocycles. The molecule has 1 heterocycles. The van der Waals surface area contributed by atoms with Crippen LogP contribution in [0.15, 0.2) is 23.2 Å². The molecule has 0 aliphatic heterocycles. The first-order valence-corrected chi connectivity index (χ1v) is 8.82. The van der Waals surface area contributed by atoms with Crippen LogP contribution in [0.4, 0.5) is 5.82 Å². The zero-order chi connectivity index (χ0) is 13.9. The molecule has 2 rings (SSSR count). The molecule has 1 N–H and O–H groups in total. The molecule has 2 unspecified atom stereocenters. The third-order valence-corrected chi connectivity index (χ3v) is 4.97. The van der Waals surface area contributed by atoms with Crippen molar-refractivity contribution in [3.05, 3.63) is 18.3 Å². The Morgan fingerprint density at radius 3 is 2.95 bits per heavy atom. The molecule has 0 saturated heterocycles. The van der Waals surface area contributed by atoms with Gasteiger partial charge >= 0.3 is 0 Å². The SMILES string of the molecule is CS(=O)(=O)c1cccnc1NCC1CCCC(Cl)C1. The van der Waals surface area contributed by atoms with Gasteiger partial charge in [0.2, 0.25) is 0 Å². The van der Waals surface area contributed by atoms with Crippen molar-refractivity contribution >= 4 is 27.3 Å². The van der Waals surface area contributed by atoms with Crippen LogP contribution in [0, 0.1) is 5.92 Å². The molecule has 1 aromatic heterocycles. The fourth-order valence-electron chi connectivity index (χ4n) is 2.47. The predicted octanol–water partition coefficient (Wildman–Crippen LogP) is 2.69. The molecule has 1 aliphatic rings. The van der Waals surface area contributed by atoms with Crippen LogP contribution in [0.5, 0.6) is 0 Å². The highest BCUT2D eigenvalue weighted by Crippen LogP contribution is 2.28. The van der Waals surface area contributed by atoms with Crippen LogP contribution < -0.4 is 5.32 Å². The fourth-order valence-corrected chi connectivity index (χ4v) is 3.68. The summed E-state index contributed by atoms with van der Waals surface area (Å²) < 4.78 is 23.3. The van der Waals surface area contributed by atoms with Crippen LogP contribution >= 0.6 is 11.6 Å². The smallest absolute Gasteiger partial charge is 0.179 e. The van der Waals surface area contributed by atoms with Crippen molar-refractivity contribution in [2.24, 2.45) is 5.92 Å². The lowest BCUT2D eigenvalue weighted by Crippen LogP contribution is -2.23. The molecule has 19 heavy (non-hydrogen) atoms. The number of aromatic nitrogens is 1. The van der Waals surface area contributed by atoms with Crippen molar-refractivity contribution in [1.82, 2.24) is 4.98 Å². The number of anilines is 1. The number of rotatable bonds is 4. The summed E-state index contributed by atoms with van der Waals surface area (Å²) in [6, 6.07) is 3.22. The molecule has 0 spiro atoms. The van der Waals surface area contributed by atoms with Gasteiger partial charge in [0.15, 0.2) is 9.84 Å². The van der Waals surface area contributed by atoms with E-state index in [9.17, 15) is 8.42 Å². The first kappa shape index (κ1) is 14.6. The quantitative estimate of drug-likeness (QED) is 0.869. The summed E-state index contributed by atoms with van der Waals surface area (Å²) in [6.45, 7) is 0.725. The minimum absolute atomic E-state index is 0.249. The average Bonchev–Trinajstić information content (AvgIpc) is 2.36. The van der Waals surface area contributed by atoms with Gasteiger partial charge in [0.05, 0.1) is 0 Å². The Hall–Kier alpha value is -0.810. The minimum atomic E-state index is -3.25. The Bertz CT molecular complexity index is 533. The van der Waals surface area contributed by atoms with Crippen molar-refractivity contribution in [2.45, 2.75) is 36.0 Å². The number of hydrogen-bond donors (Lipinski definition) is 1. The lowest BCUT2D eigenvalue weighted by atomic mass is 9.89. The summed E-state index contributed by atoms with van der Waals surface area (Å²) >= 11 is 6.16. The first-order chi connectivity index (χ1) is 8.97. The largest absolute Gasteiger partial charge is 0.369 e. The topological polar surface area (TPSA) is 59.1 Å². The van der Waals surface area contributed by atoms with E-state index in [1.165, 1.54) is 6.26 Å². The van der Waals surface area contributed by atoms with E-state index < -0.39 is 9.84 Å². The lowest BCUT2D eigenvalue weighted by Gasteiger charge is -2.25. The van der Waals surface area contributed by atoms with Gasteiger partial charge in [0.1, 0.15) is 10.7 Å². The Morgan fingerprint density at radius 1 is 1.47 bits per heavy atom. The third-order valence-electron chi connectivity index (χ3n) is 3.45. The molecule has 1 aromatic rings. The Kier molecular flexibility index (Phi) is 4.68. The number of nitrogens with one attached hydrogen (secondary N) is 1. The van der Waals surface area contributed by atoms with Crippen molar-refractivity contribution in [1.29, 1.82) is 0 Å². The van der Waals surface area contributed by atoms with E-state index in [4.69, 9.17) is 11.6 Å². The van der Waals surface area contributed by atoms with Gasteiger partial charge in [-0.3, -0.25) is 0 Å². The van der Waals surface area contributed by atoms with E-state index in [2.05, 4.69) is 10.3 Å². The van der Waals surface area contributed by atoms with Gasteiger partial charge in [0, 0.05) is 24.4 Å². The third kappa shape index (κ3) is 4.08. The highest BCUT2D eigenvalue weighted by Gasteiger charge is 2.21. The monoisotopic (exact) mass is 302 g/mol. The molecular formula is C13H19ClN2O2S. The van der Waals surface area contributed by atoms with Crippen molar-refractivity contribution in [2.75, 3.05) is 18.1 Å². The average molecular weight is 303 g/mol. The van der Waals surface area contributed by atoms with E-state index in [0.29, 0.717) is 11.7 Å². The summed E-state index contributed by atoms with van der Waals surface area (Å²) in [5.41, 5.74) is 0. The number of nitrogens with zero attached hydrogens (tertiary/aromatic N) is 1. The molecular weight excluding hydrogens is 284 g/mol. The number of halogens is 1. The number of sulfone groups is 1. The van der Waals surface area contributed by atoms with Gasteiger partial charge in [-0.05, 0) is 37.3 Å². The van der Waals surface area contributed by atoms with E-state index in [1.54, 1.807) is 18.3 Å². The summed E-state index contributed by atoms with van der Waals surface area (Å²) in [7, 11) is -3.25. The van der Waals surface area contributed by atoms with Gasteiger partial charge < -0.3 is 5.32 Å². The van der Waals surface area contributed by atoms with Crippen LogP contribution in [0.25, 0.3) is 0 Å². The van der Waals surface area contributed by atoms with Gasteiger partial charge in [-0.2, -0.15) is 0 Å². The molecule has 0 amide bonds. The van der Waals surface area contributed by atoms with E-state index in [0.717, 1.165) is 32.2 Å². The van der Waals surface area contributed by atoms with E-state index in [-0.39, 0.29) is 10.3 Å². The molecule has 6 heteroatoms. The van der Waals surface area contributed by atoms with Crippen molar-refractivity contribution in [3.8, 4) is 0 Å². The Balaban J connectivity index is 2.04. The Morgan fingerprint density at radius 2 is 2.26 bits per heavy atom. The minimum Gasteiger partial charge on any atom is -0.369 e. The normalized spacial score (nSPS) is 24.1. The summed E-state index contributed by atoms with van der Waals surface area (Å²) in [4.78, 5) is 4.38. The van der Waals surface area contributed by atoms with Crippen LogP contribution in [0.2, 0.25) is 0 Å². The molecule has 1 fully saturated rings. The van der Waals surface area contributed by atoms with Crippen LogP contribution in [0.3, 0.4) is 0 Å². The van der Waals surface area contributed by atoms with Crippen LogP contribution in [-0.4, -0.2) is 31.6 Å². The van der Waals surface area contributed by atoms with Crippen LogP contribution in [-0.2, 0) is 9.84 Å². The van der Waals surface area contributed by atoms with Gasteiger partial charge in [-0.1, -0.05) is 6.42 Å². The molecule has 0 bridgehead atoms. The molecule has 0 aromatic carbocycles. The second-order valence-corrected chi connectivity index (χ2v) is 7.73. The second kappa shape index (κ2) is 6.09. The van der Waals surface area contributed by atoms with Crippen molar-refractivity contribution < 1.29 is 8.42 Å². The number of hydrogen-bond acceptors (Lipinski definition) is 4. The standard InChI is InChI=1S/C13H19ClN2O2S/c1-19(17,18)12-6-3-7-15-13(12)16-9-10-4-2-5-11(14)8-10/h3,6-7,10-11H,2,4-5,8-9H2,1H3,(H,15,16). The maximum Gasteiger partial charge on any atom is 0.179 e. The highest BCUT2D eigenvalue weighted by molar-refractivity contribution is 7.90. The highest BCUT2D eigenvalue weighted by atomic mass is 35.5. The molecule has 1 saturated carbocycles. The maximum atomic E-state index is 11.7. The number of pyridine rings is 1. The molecule has 2 atom stereocenters. The molecule has 106 valence electrons. The van der Waals surface area contributed by atoms with Gasteiger partial charge in [0.25, 0.3) is 0 Å².